The Bertz CT molecular complexity index is 492. The van der Waals surface area contributed by atoms with E-state index in [-0.39, 0.29) is 16.3 Å². The molecule has 0 unspecified atom stereocenters. The average molecular weight is 313 g/mol. The number of benzene rings is 1. The third-order valence-corrected chi connectivity index (χ3v) is 4.38. The van der Waals surface area contributed by atoms with Gasteiger partial charge in [0.2, 0.25) is 0 Å². The second-order valence-electron chi connectivity index (χ2n) is 5.21. The molecule has 0 radical (unpaired) electrons. The molecule has 6 heteroatoms. The van der Waals surface area contributed by atoms with E-state index in [0.717, 1.165) is 12.1 Å². The molecule has 0 atom stereocenters. The van der Waals surface area contributed by atoms with Gasteiger partial charge in [0.25, 0.3) is 0 Å². The summed E-state index contributed by atoms with van der Waals surface area (Å²) in [5.74, 6) is 0.597. The number of nitrogens with zero attached hydrogens (tertiary/aromatic N) is 1. The highest BCUT2D eigenvalue weighted by Crippen LogP contribution is 2.19. The molecule has 0 heterocycles. The number of hydrogen-bond donors (Lipinski definition) is 2. The minimum atomic E-state index is -0.358. The van der Waals surface area contributed by atoms with Crippen molar-refractivity contribution in [2.75, 3.05) is 27.0 Å². The summed E-state index contributed by atoms with van der Waals surface area (Å²) >= 11 is 1.79. The highest BCUT2D eigenvalue weighted by molar-refractivity contribution is 7.99. The number of ether oxygens (including phenoxy) is 1. The minimum Gasteiger partial charge on any atom is -0.494 e. The lowest BCUT2D eigenvalue weighted by molar-refractivity contribution is 0.386. The summed E-state index contributed by atoms with van der Waals surface area (Å²) in [6.07, 6.45) is 2.08. The zero-order valence-electron chi connectivity index (χ0n) is 13.3. The smallest absolute Gasteiger partial charge is 0.191 e. The van der Waals surface area contributed by atoms with Crippen molar-refractivity contribution in [3.05, 3.63) is 29.6 Å². The van der Waals surface area contributed by atoms with Crippen LogP contribution >= 0.6 is 11.8 Å². The molecule has 0 spiro atoms. The average Bonchev–Trinajstić information content (AvgIpc) is 2.47. The summed E-state index contributed by atoms with van der Waals surface area (Å²) in [5.41, 5.74) is 0.834. The van der Waals surface area contributed by atoms with Gasteiger partial charge in [0.15, 0.2) is 17.5 Å². The van der Waals surface area contributed by atoms with Gasteiger partial charge in [-0.25, -0.2) is 4.39 Å². The van der Waals surface area contributed by atoms with Gasteiger partial charge >= 0.3 is 0 Å². The summed E-state index contributed by atoms with van der Waals surface area (Å²) in [4.78, 5) is 4.16. The van der Waals surface area contributed by atoms with Gasteiger partial charge in [-0.1, -0.05) is 6.07 Å². The van der Waals surface area contributed by atoms with Crippen LogP contribution in [0.3, 0.4) is 0 Å². The number of nitrogens with one attached hydrogen (secondary N) is 2. The number of methoxy groups -OCH3 is 1. The summed E-state index contributed by atoms with van der Waals surface area (Å²) in [5, 5.41) is 6.44. The van der Waals surface area contributed by atoms with E-state index >= 15 is 0 Å². The van der Waals surface area contributed by atoms with Crippen molar-refractivity contribution in [3.8, 4) is 5.75 Å². The molecular weight excluding hydrogens is 289 g/mol. The molecule has 0 saturated heterocycles. The molecule has 1 aromatic rings. The molecule has 0 bridgehead atoms. The van der Waals surface area contributed by atoms with E-state index in [2.05, 4.69) is 35.7 Å². The lowest BCUT2D eigenvalue weighted by Gasteiger charge is -2.23. The van der Waals surface area contributed by atoms with Crippen LogP contribution in [0.15, 0.2) is 23.2 Å². The SMILES string of the molecule is CN=C(NCc1ccc(OC)c(F)c1)NCC(C)(C)SC. The number of rotatable bonds is 6. The molecular formula is C15H24FN3OS. The van der Waals surface area contributed by atoms with E-state index in [9.17, 15) is 4.39 Å². The van der Waals surface area contributed by atoms with Crippen molar-refractivity contribution in [3.63, 3.8) is 0 Å². The van der Waals surface area contributed by atoms with E-state index in [1.54, 1.807) is 24.9 Å². The number of thioether (sulfide) groups is 1. The Morgan fingerprint density at radius 3 is 2.62 bits per heavy atom. The van der Waals surface area contributed by atoms with Crippen LogP contribution in [0.1, 0.15) is 19.4 Å². The molecule has 118 valence electrons. The lowest BCUT2D eigenvalue weighted by atomic mass is 10.2. The van der Waals surface area contributed by atoms with E-state index in [1.807, 2.05) is 6.07 Å². The first-order chi connectivity index (χ1) is 9.91. The third kappa shape index (κ3) is 5.83. The maximum atomic E-state index is 13.6. The van der Waals surface area contributed by atoms with Crippen molar-refractivity contribution in [2.24, 2.45) is 4.99 Å². The Labute approximate surface area is 130 Å². The van der Waals surface area contributed by atoms with Gasteiger partial charge in [-0.2, -0.15) is 11.8 Å². The van der Waals surface area contributed by atoms with E-state index < -0.39 is 0 Å². The van der Waals surface area contributed by atoms with Gasteiger partial charge < -0.3 is 15.4 Å². The van der Waals surface area contributed by atoms with Gasteiger partial charge in [-0.3, -0.25) is 4.99 Å². The Kier molecular flexibility index (Phi) is 6.81. The highest BCUT2D eigenvalue weighted by atomic mass is 32.2. The standard InChI is InChI=1S/C15H24FN3OS/c1-15(2,21-5)10-19-14(17-3)18-9-11-6-7-13(20-4)12(16)8-11/h6-8H,9-10H2,1-5H3,(H2,17,18,19). The van der Waals surface area contributed by atoms with Crippen molar-refractivity contribution in [1.82, 2.24) is 10.6 Å². The molecule has 0 amide bonds. The summed E-state index contributed by atoms with van der Waals surface area (Å²) in [6.45, 7) is 5.62. The van der Waals surface area contributed by atoms with Crippen LogP contribution in [0.5, 0.6) is 5.75 Å². The second-order valence-corrected chi connectivity index (χ2v) is 6.73. The van der Waals surface area contributed by atoms with Crippen molar-refractivity contribution >= 4 is 17.7 Å². The van der Waals surface area contributed by atoms with Crippen LogP contribution in [0.2, 0.25) is 0 Å². The minimum absolute atomic E-state index is 0.129. The molecule has 0 aromatic heterocycles. The van der Waals surface area contributed by atoms with E-state index in [1.165, 1.54) is 13.2 Å². The summed E-state index contributed by atoms with van der Waals surface area (Å²) in [6, 6.07) is 4.92. The number of halogens is 1. The van der Waals surface area contributed by atoms with E-state index in [4.69, 9.17) is 4.74 Å². The van der Waals surface area contributed by atoms with Crippen molar-refractivity contribution < 1.29 is 9.13 Å². The normalized spacial score (nSPS) is 12.2. The lowest BCUT2D eigenvalue weighted by Crippen LogP contribution is -2.42. The van der Waals surface area contributed by atoms with Crippen LogP contribution in [-0.4, -0.2) is 37.7 Å². The first kappa shape index (κ1) is 17.6. The van der Waals surface area contributed by atoms with Gasteiger partial charge in [0, 0.05) is 24.9 Å². The molecule has 0 aliphatic heterocycles. The fourth-order valence-electron chi connectivity index (χ4n) is 1.59. The maximum Gasteiger partial charge on any atom is 0.191 e. The quantitative estimate of drug-likeness (QED) is 0.626. The Morgan fingerprint density at radius 2 is 2.10 bits per heavy atom. The molecule has 1 aromatic carbocycles. The van der Waals surface area contributed by atoms with E-state index in [0.29, 0.717) is 12.5 Å². The molecule has 0 fully saturated rings. The van der Waals surface area contributed by atoms with Crippen LogP contribution in [0, 0.1) is 5.82 Å². The second kappa shape index (κ2) is 8.12. The molecule has 0 saturated carbocycles. The van der Waals surface area contributed by atoms with Gasteiger partial charge in [-0.15, -0.1) is 0 Å². The first-order valence-electron chi connectivity index (χ1n) is 6.74. The van der Waals surface area contributed by atoms with Crippen LogP contribution in [0.25, 0.3) is 0 Å². The molecule has 0 aliphatic rings. The highest BCUT2D eigenvalue weighted by Gasteiger charge is 2.16. The molecule has 21 heavy (non-hydrogen) atoms. The van der Waals surface area contributed by atoms with Crippen molar-refractivity contribution in [2.45, 2.75) is 25.1 Å². The van der Waals surface area contributed by atoms with Gasteiger partial charge in [-0.05, 0) is 37.8 Å². The zero-order valence-corrected chi connectivity index (χ0v) is 14.1. The molecule has 2 N–H and O–H groups in total. The number of guanidine groups is 1. The van der Waals surface area contributed by atoms with Gasteiger partial charge in [0.05, 0.1) is 7.11 Å². The number of aliphatic imine (C=N–C) groups is 1. The monoisotopic (exact) mass is 313 g/mol. The molecule has 1 rings (SSSR count). The zero-order chi connectivity index (χ0) is 15.9. The Balaban J connectivity index is 2.54. The van der Waals surface area contributed by atoms with Crippen LogP contribution < -0.4 is 15.4 Å². The van der Waals surface area contributed by atoms with Crippen molar-refractivity contribution in [1.29, 1.82) is 0 Å². The molecule has 0 aliphatic carbocycles. The fourth-order valence-corrected chi connectivity index (χ4v) is 1.81. The summed E-state index contributed by atoms with van der Waals surface area (Å²) in [7, 11) is 3.17. The topological polar surface area (TPSA) is 45.7 Å². The van der Waals surface area contributed by atoms with Crippen LogP contribution in [-0.2, 0) is 6.54 Å². The Hall–Kier alpha value is -1.43. The van der Waals surface area contributed by atoms with Gasteiger partial charge in [0.1, 0.15) is 0 Å². The first-order valence-corrected chi connectivity index (χ1v) is 7.96. The predicted octanol–water partition coefficient (Wildman–Crippen LogP) is 2.64. The predicted molar refractivity (Wildman–Crippen MR) is 88.7 cm³/mol. The molecule has 4 nitrogen and oxygen atoms in total. The fraction of sp³-hybridized carbons (Fsp3) is 0.533. The Morgan fingerprint density at radius 1 is 1.38 bits per heavy atom. The van der Waals surface area contributed by atoms with Crippen LogP contribution in [0.4, 0.5) is 4.39 Å². The third-order valence-electron chi connectivity index (χ3n) is 3.13. The largest absolute Gasteiger partial charge is 0.494 e. The number of hydrogen-bond acceptors (Lipinski definition) is 3. The summed E-state index contributed by atoms with van der Waals surface area (Å²) < 4.78 is 18.6. The maximum absolute atomic E-state index is 13.6.